The zero-order valence-corrected chi connectivity index (χ0v) is 17.5. The van der Waals surface area contributed by atoms with Crippen molar-refractivity contribution < 1.29 is 24.4 Å². The van der Waals surface area contributed by atoms with E-state index in [1.54, 1.807) is 55.6 Å². The van der Waals surface area contributed by atoms with Gasteiger partial charge in [-0.15, -0.1) is 0 Å². The van der Waals surface area contributed by atoms with Crippen molar-refractivity contribution in [3.05, 3.63) is 65.7 Å². The lowest BCUT2D eigenvalue weighted by Crippen LogP contribution is -2.48. The van der Waals surface area contributed by atoms with Crippen molar-refractivity contribution in [2.75, 3.05) is 7.11 Å². The normalized spacial score (nSPS) is 12.7. The highest BCUT2D eigenvalue weighted by atomic mass is 16.5. The number of carbonyl (C=O) groups excluding carboxylic acids is 2. The second-order valence-electron chi connectivity index (χ2n) is 7.59. The van der Waals surface area contributed by atoms with Crippen LogP contribution >= 0.6 is 0 Å². The van der Waals surface area contributed by atoms with Crippen molar-refractivity contribution >= 4 is 18.9 Å². The molecule has 30 heavy (non-hydrogen) atoms. The molecule has 2 amide bonds. The minimum atomic E-state index is -1.66. The summed E-state index contributed by atoms with van der Waals surface area (Å²) in [4.78, 5) is 25.3. The van der Waals surface area contributed by atoms with E-state index < -0.39 is 19.1 Å². The van der Waals surface area contributed by atoms with Crippen molar-refractivity contribution in [3.8, 4) is 5.75 Å². The van der Waals surface area contributed by atoms with Crippen molar-refractivity contribution in [2.24, 2.45) is 5.92 Å². The van der Waals surface area contributed by atoms with Gasteiger partial charge in [-0.05, 0) is 42.2 Å². The van der Waals surface area contributed by atoms with Crippen LogP contribution in [0.1, 0.15) is 48.7 Å². The zero-order valence-electron chi connectivity index (χ0n) is 17.5. The third kappa shape index (κ3) is 7.20. The quantitative estimate of drug-likeness (QED) is 0.447. The van der Waals surface area contributed by atoms with Gasteiger partial charge in [0.15, 0.2) is 0 Å². The van der Waals surface area contributed by atoms with E-state index in [1.807, 2.05) is 19.9 Å². The first-order valence-corrected chi connectivity index (χ1v) is 9.95. The van der Waals surface area contributed by atoms with Gasteiger partial charge >= 0.3 is 7.12 Å². The van der Waals surface area contributed by atoms with Crippen LogP contribution in [0.2, 0.25) is 0 Å². The number of benzene rings is 2. The molecule has 0 aliphatic carbocycles. The topological polar surface area (TPSA) is 108 Å². The summed E-state index contributed by atoms with van der Waals surface area (Å²) in [6, 6.07) is 15.2. The number of hydrogen-bond donors (Lipinski definition) is 4. The summed E-state index contributed by atoms with van der Waals surface area (Å²) in [5, 5.41) is 24.7. The fraction of sp³-hybridized carbons (Fsp3) is 0.364. The molecule has 0 bridgehead atoms. The van der Waals surface area contributed by atoms with Crippen LogP contribution in [0.5, 0.6) is 5.75 Å². The summed E-state index contributed by atoms with van der Waals surface area (Å²) in [5.41, 5.74) is 1.22. The Bertz CT molecular complexity index is 812. The predicted octanol–water partition coefficient (Wildman–Crippen LogP) is 2.10. The molecule has 2 rings (SSSR count). The molecule has 0 fully saturated rings. The Balaban J connectivity index is 2.17. The highest BCUT2D eigenvalue weighted by Gasteiger charge is 2.27. The lowest BCUT2D eigenvalue weighted by Gasteiger charge is -2.23. The molecule has 1 unspecified atom stereocenters. The largest absolute Gasteiger partial charge is 0.497 e. The lowest BCUT2D eigenvalue weighted by atomic mass is 9.75. The smallest absolute Gasteiger partial charge is 0.475 e. The molecular formula is C22H29BN2O5. The number of hydrogen-bond acceptors (Lipinski definition) is 5. The zero-order chi connectivity index (χ0) is 22.1. The number of rotatable bonds is 10. The molecule has 160 valence electrons. The molecule has 0 saturated carbocycles. The summed E-state index contributed by atoms with van der Waals surface area (Å²) in [5.74, 6) is -0.629. The Morgan fingerprint density at radius 1 is 1.00 bits per heavy atom. The van der Waals surface area contributed by atoms with E-state index in [9.17, 15) is 19.6 Å². The van der Waals surface area contributed by atoms with E-state index >= 15 is 0 Å². The summed E-state index contributed by atoms with van der Waals surface area (Å²) in [7, 11) is -0.0960. The van der Waals surface area contributed by atoms with Crippen LogP contribution in [-0.2, 0) is 4.79 Å². The van der Waals surface area contributed by atoms with Crippen molar-refractivity contribution in [1.29, 1.82) is 0 Å². The minimum absolute atomic E-state index is 0.0494. The van der Waals surface area contributed by atoms with Crippen molar-refractivity contribution in [3.63, 3.8) is 0 Å². The van der Waals surface area contributed by atoms with E-state index in [2.05, 4.69) is 10.6 Å². The van der Waals surface area contributed by atoms with Gasteiger partial charge in [-0.25, -0.2) is 0 Å². The Labute approximate surface area is 177 Å². The molecule has 0 aliphatic rings. The summed E-state index contributed by atoms with van der Waals surface area (Å²) < 4.78 is 5.17. The minimum Gasteiger partial charge on any atom is -0.497 e. The molecule has 0 radical (unpaired) electrons. The molecule has 2 aromatic carbocycles. The highest BCUT2D eigenvalue weighted by molar-refractivity contribution is 6.43. The van der Waals surface area contributed by atoms with Gasteiger partial charge in [-0.3, -0.25) is 9.59 Å². The monoisotopic (exact) mass is 412 g/mol. The molecule has 0 aromatic heterocycles. The average molecular weight is 412 g/mol. The number of nitrogens with one attached hydrogen (secondary N) is 2. The number of ether oxygens (including phenoxy) is 1. The first-order chi connectivity index (χ1) is 14.3. The first-order valence-electron chi connectivity index (χ1n) is 9.95. The Kier molecular flexibility index (Phi) is 8.89. The molecule has 8 heteroatoms. The van der Waals surface area contributed by atoms with Gasteiger partial charge in [0.05, 0.1) is 25.5 Å². The van der Waals surface area contributed by atoms with Crippen LogP contribution in [0.15, 0.2) is 54.6 Å². The van der Waals surface area contributed by atoms with Gasteiger partial charge in [-0.1, -0.05) is 44.2 Å². The van der Waals surface area contributed by atoms with E-state index in [1.165, 1.54) is 0 Å². The van der Waals surface area contributed by atoms with Gasteiger partial charge in [0.2, 0.25) is 5.91 Å². The van der Waals surface area contributed by atoms with Crippen LogP contribution < -0.4 is 15.4 Å². The van der Waals surface area contributed by atoms with E-state index in [-0.39, 0.29) is 24.2 Å². The maximum absolute atomic E-state index is 12.7. The second kappa shape index (κ2) is 11.4. The fourth-order valence-corrected chi connectivity index (χ4v) is 3.13. The number of carbonyl (C=O) groups is 2. The Hall–Kier alpha value is -2.84. The Morgan fingerprint density at radius 2 is 1.63 bits per heavy atom. The van der Waals surface area contributed by atoms with Gasteiger partial charge in [-0.2, -0.15) is 0 Å². The summed E-state index contributed by atoms with van der Waals surface area (Å²) in [6.07, 6.45) is 0.374. The molecule has 0 spiro atoms. The molecule has 2 atom stereocenters. The number of amides is 2. The first kappa shape index (κ1) is 23.4. The van der Waals surface area contributed by atoms with Crippen LogP contribution in [0.3, 0.4) is 0 Å². The molecule has 0 heterocycles. The van der Waals surface area contributed by atoms with Crippen molar-refractivity contribution in [1.82, 2.24) is 10.6 Å². The highest BCUT2D eigenvalue weighted by Crippen LogP contribution is 2.21. The van der Waals surface area contributed by atoms with Gasteiger partial charge < -0.3 is 25.4 Å². The predicted molar refractivity (Wildman–Crippen MR) is 116 cm³/mol. The standard InChI is InChI=1S/C22H29BN2O5/c1-15(2)13-20(23(28)29)25-21(26)14-19(16-9-11-18(30-3)12-10-16)24-22(27)17-7-5-4-6-8-17/h4-12,15,19-20,28-29H,13-14H2,1-3H3,(H,24,27)(H,25,26)/t19?,20-/m0/s1. The van der Waals surface area contributed by atoms with Crippen molar-refractivity contribution in [2.45, 2.75) is 38.7 Å². The number of methoxy groups -OCH3 is 1. The molecule has 0 aliphatic heterocycles. The third-order valence-corrected chi connectivity index (χ3v) is 4.68. The average Bonchev–Trinajstić information content (AvgIpc) is 2.73. The van der Waals surface area contributed by atoms with Crippen LogP contribution in [-0.4, -0.2) is 42.0 Å². The molecule has 2 aromatic rings. The SMILES string of the molecule is COc1ccc(C(CC(=O)N[C@@H](CC(C)C)B(O)O)NC(=O)c2ccccc2)cc1. The van der Waals surface area contributed by atoms with Crippen LogP contribution in [0.25, 0.3) is 0 Å². The Morgan fingerprint density at radius 3 is 2.17 bits per heavy atom. The maximum Gasteiger partial charge on any atom is 0.475 e. The second-order valence-corrected chi connectivity index (χ2v) is 7.59. The van der Waals surface area contributed by atoms with Crippen LogP contribution in [0.4, 0.5) is 0 Å². The van der Waals surface area contributed by atoms with Crippen LogP contribution in [0, 0.1) is 5.92 Å². The maximum atomic E-state index is 12.7. The summed E-state index contributed by atoms with van der Waals surface area (Å²) >= 11 is 0. The van der Waals surface area contributed by atoms with Gasteiger partial charge in [0.1, 0.15) is 5.75 Å². The molecule has 4 N–H and O–H groups in total. The van der Waals surface area contributed by atoms with Gasteiger partial charge in [0.25, 0.3) is 5.91 Å². The van der Waals surface area contributed by atoms with E-state index in [0.29, 0.717) is 17.7 Å². The molecule has 0 saturated heterocycles. The summed E-state index contributed by atoms with van der Waals surface area (Å²) in [6.45, 7) is 3.86. The van der Waals surface area contributed by atoms with E-state index in [4.69, 9.17) is 4.74 Å². The third-order valence-electron chi connectivity index (χ3n) is 4.68. The van der Waals surface area contributed by atoms with Gasteiger partial charge in [0, 0.05) is 5.56 Å². The molecular weight excluding hydrogens is 383 g/mol. The molecule has 7 nitrogen and oxygen atoms in total. The lowest BCUT2D eigenvalue weighted by molar-refractivity contribution is -0.122. The fourth-order valence-electron chi connectivity index (χ4n) is 3.13. The van der Waals surface area contributed by atoms with E-state index in [0.717, 1.165) is 5.56 Å².